The first-order valence-corrected chi connectivity index (χ1v) is 5.81. The zero-order chi connectivity index (χ0) is 12.8. The average molecular weight is 246 g/mol. The number of rotatable bonds is 12. The van der Waals surface area contributed by atoms with Gasteiger partial charge in [-0.25, -0.2) is 0 Å². The number of aldehydes is 1. The molecule has 6 heteroatoms. The van der Waals surface area contributed by atoms with Gasteiger partial charge in [-0.15, -0.1) is 0 Å². The molecule has 0 aromatic carbocycles. The summed E-state index contributed by atoms with van der Waals surface area (Å²) in [6.07, 6.45) is 1.56. The molecule has 0 unspecified atom stereocenters. The fraction of sp³-hybridized carbons (Fsp3) is 0.818. The van der Waals surface area contributed by atoms with Crippen LogP contribution in [0.5, 0.6) is 0 Å². The van der Waals surface area contributed by atoms with Crippen molar-refractivity contribution in [3.8, 4) is 0 Å². The number of carbonyl (C=O) groups excluding carboxylic acids is 2. The summed E-state index contributed by atoms with van der Waals surface area (Å²) >= 11 is 0. The molecule has 0 saturated heterocycles. The van der Waals surface area contributed by atoms with E-state index in [-0.39, 0.29) is 5.91 Å². The summed E-state index contributed by atoms with van der Waals surface area (Å²) in [5.74, 6) is -0.0477. The van der Waals surface area contributed by atoms with Gasteiger partial charge in [-0.2, -0.15) is 0 Å². The van der Waals surface area contributed by atoms with Gasteiger partial charge in [-0.1, -0.05) is 0 Å². The Balaban J connectivity index is 3.14. The highest BCUT2D eigenvalue weighted by Gasteiger charge is 1.99. The molecule has 0 aliphatic rings. The van der Waals surface area contributed by atoms with Crippen LogP contribution in [0.4, 0.5) is 0 Å². The van der Waals surface area contributed by atoms with Crippen molar-refractivity contribution in [2.45, 2.75) is 12.8 Å². The van der Waals surface area contributed by atoms with Crippen molar-refractivity contribution in [1.82, 2.24) is 10.6 Å². The Kier molecular flexibility index (Phi) is 12.3. The molecule has 6 nitrogen and oxygen atoms in total. The molecule has 0 spiro atoms. The summed E-state index contributed by atoms with van der Waals surface area (Å²) in [5.41, 5.74) is 0. The molecule has 0 aliphatic heterocycles. The van der Waals surface area contributed by atoms with Crippen molar-refractivity contribution in [2.75, 3.05) is 46.6 Å². The number of hydrogen-bond acceptors (Lipinski definition) is 5. The highest BCUT2D eigenvalue weighted by molar-refractivity contribution is 5.75. The van der Waals surface area contributed by atoms with Gasteiger partial charge in [-0.05, 0) is 7.05 Å². The summed E-state index contributed by atoms with van der Waals surface area (Å²) in [4.78, 5) is 21.2. The Morgan fingerprint density at radius 3 is 2.53 bits per heavy atom. The molecule has 0 heterocycles. The monoisotopic (exact) mass is 246 g/mol. The second-order valence-corrected chi connectivity index (χ2v) is 3.38. The SMILES string of the molecule is CNCCOCCC(=O)NCCOCCC=O. The van der Waals surface area contributed by atoms with E-state index >= 15 is 0 Å². The lowest BCUT2D eigenvalue weighted by Crippen LogP contribution is -2.28. The van der Waals surface area contributed by atoms with E-state index in [1.807, 2.05) is 7.05 Å². The lowest BCUT2D eigenvalue weighted by Gasteiger charge is -2.06. The minimum atomic E-state index is -0.0477. The maximum Gasteiger partial charge on any atom is 0.222 e. The number of likely N-dealkylation sites (N-methyl/N-ethyl adjacent to an activating group) is 1. The number of carbonyl (C=O) groups is 2. The van der Waals surface area contributed by atoms with Gasteiger partial charge in [0.15, 0.2) is 0 Å². The number of nitrogens with one attached hydrogen (secondary N) is 2. The number of hydrogen-bond donors (Lipinski definition) is 2. The van der Waals surface area contributed by atoms with Crippen LogP contribution in [-0.4, -0.2) is 58.8 Å². The van der Waals surface area contributed by atoms with Crippen LogP contribution in [0.25, 0.3) is 0 Å². The van der Waals surface area contributed by atoms with Crippen LogP contribution in [0.1, 0.15) is 12.8 Å². The van der Waals surface area contributed by atoms with Gasteiger partial charge in [0, 0.05) is 25.9 Å². The first-order chi connectivity index (χ1) is 8.31. The lowest BCUT2D eigenvalue weighted by atomic mass is 10.4. The normalized spacial score (nSPS) is 10.2. The summed E-state index contributed by atoms with van der Waals surface area (Å²) in [7, 11) is 1.85. The zero-order valence-electron chi connectivity index (χ0n) is 10.4. The van der Waals surface area contributed by atoms with E-state index in [0.717, 1.165) is 12.8 Å². The van der Waals surface area contributed by atoms with Crippen molar-refractivity contribution in [3.63, 3.8) is 0 Å². The second kappa shape index (κ2) is 13.1. The van der Waals surface area contributed by atoms with Crippen LogP contribution in [0.3, 0.4) is 0 Å². The number of ether oxygens (including phenoxy) is 2. The Hall–Kier alpha value is -0.980. The van der Waals surface area contributed by atoms with Crippen LogP contribution in [0.15, 0.2) is 0 Å². The third-order valence-electron chi connectivity index (χ3n) is 1.92. The van der Waals surface area contributed by atoms with E-state index in [9.17, 15) is 9.59 Å². The molecule has 0 saturated carbocycles. The fourth-order valence-corrected chi connectivity index (χ4v) is 1.03. The van der Waals surface area contributed by atoms with Crippen molar-refractivity contribution in [1.29, 1.82) is 0 Å². The smallest absolute Gasteiger partial charge is 0.222 e. The molecule has 0 aromatic heterocycles. The van der Waals surface area contributed by atoms with Crippen molar-refractivity contribution in [3.05, 3.63) is 0 Å². The Morgan fingerprint density at radius 1 is 1.12 bits per heavy atom. The number of amides is 1. The average Bonchev–Trinajstić information content (AvgIpc) is 2.33. The van der Waals surface area contributed by atoms with Crippen molar-refractivity contribution < 1.29 is 19.1 Å². The minimum absolute atomic E-state index is 0.0477. The van der Waals surface area contributed by atoms with Crippen LogP contribution < -0.4 is 10.6 Å². The standard InChI is InChI=1S/C11H22N2O4/c1-12-4-9-17-8-3-11(15)13-5-10-16-7-2-6-14/h6,12H,2-5,7-10H2,1H3,(H,13,15). The predicted molar refractivity (Wildman–Crippen MR) is 63.9 cm³/mol. The first kappa shape index (κ1) is 16.0. The third kappa shape index (κ3) is 13.0. The summed E-state index contributed by atoms with van der Waals surface area (Å²) in [6, 6.07) is 0. The summed E-state index contributed by atoms with van der Waals surface area (Å²) < 4.78 is 10.3. The molecule has 100 valence electrons. The molecule has 17 heavy (non-hydrogen) atoms. The second-order valence-electron chi connectivity index (χ2n) is 3.38. The van der Waals surface area contributed by atoms with E-state index in [4.69, 9.17) is 9.47 Å². The molecule has 0 rings (SSSR count). The van der Waals surface area contributed by atoms with E-state index in [0.29, 0.717) is 45.8 Å². The Bertz CT molecular complexity index is 200. The molecule has 0 aliphatic carbocycles. The maximum atomic E-state index is 11.2. The predicted octanol–water partition coefficient (Wildman–Crippen LogP) is -0.666. The summed E-state index contributed by atoms with van der Waals surface area (Å²) in [6.45, 7) is 3.13. The summed E-state index contributed by atoms with van der Waals surface area (Å²) in [5, 5.41) is 5.65. The molecule has 0 atom stereocenters. The van der Waals surface area contributed by atoms with E-state index in [2.05, 4.69) is 10.6 Å². The van der Waals surface area contributed by atoms with Crippen molar-refractivity contribution >= 4 is 12.2 Å². The van der Waals surface area contributed by atoms with Gasteiger partial charge in [0.1, 0.15) is 6.29 Å². The van der Waals surface area contributed by atoms with E-state index in [1.54, 1.807) is 0 Å². The highest BCUT2D eigenvalue weighted by Crippen LogP contribution is 1.83. The molecule has 0 fully saturated rings. The van der Waals surface area contributed by atoms with Gasteiger partial charge < -0.3 is 24.9 Å². The van der Waals surface area contributed by atoms with E-state index < -0.39 is 0 Å². The molecule has 1 amide bonds. The molecule has 2 N–H and O–H groups in total. The van der Waals surface area contributed by atoms with Crippen LogP contribution >= 0.6 is 0 Å². The Morgan fingerprint density at radius 2 is 1.82 bits per heavy atom. The first-order valence-electron chi connectivity index (χ1n) is 5.81. The van der Waals surface area contributed by atoms with Gasteiger partial charge in [0.2, 0.25) is 5.91 Å². The Labute approximate surface area is 102 Å². The largest absolute Gasteiger partial charge is 0.380 e. The molecular formula is C11H22N2O4. The van der Waals surface area contributed by atoms with Crippen LogP contribution in [0.2, 0.25) is 0 Å². The van der Waals surface area contributed by atoms with Crippen LogP contribution in [0, 0.1) is 0 Å². The van der Waals surface area contributed by atoms with Gasteiger partial charge in [0.25, 0.3) is 0 Å². The lowest BCUT2D eigenvalue weighted by molar-refractivity contribution is -0.122. The molecule has 0 radical (unpaired) electrons. The minimum Gasteiger partial charge on any atom is -0.380 e. The third-order valence-corrected chi connectivity index (χ3v) is 1.92. The van der Waals surface area contributed by atoms with Gasteiger partial charge in [0.05, 0.1) is 26.4 Å². The molecule has 0 aromatic rings. The quantitative estimate of drug-likeness (QED) is 0.353. The van der Waals surface area contributed by atoms with Gasteiger partial charge >= 0.3 is 0 Å². The zero-order valence-corrected chi connectivity index (χ0v) is 10.4. The van der Waals surface area contributed by atoms with Gasteiger partial charge in [-0.3, -0.25) is 4.79 Å². The van der Waals surface area contributed by atoms with E-state index in [1.165, 1.54) is 0 Å². The highest BCUT2D eigenvalue weighted by atomic mass is 16.5. The fourth-order valence-electron chi connectivity index (χ4n) is 1.03. The van der Waals surface area contributed by atoms with Crippen molar-refractivity contribution in [2.24, 2.45) is 0 Å². The van der Waals surface area contributed by atoms with Crippen LogP contribution in [-0.2, 0) is 19.1 Å². The maximum absolute atomic E-state index is 11.2. The molecular weight excluding hydrogens is 224 g/mol. The topological polar surface area (TPSA) is 76.7 Å². The molecule has 0 bridgehead atoms.